The molecule has 3 aromatic carbocycles. The largest absolute Gasteiger partial charge is 0.350 e. The first-order valence-corrected chi connectivity index (χ1v) is 14.3. The molecule has 42 heavy (non-hydrogen) atoms. The predicted octanol–water partition coefficient (Wildman–Crippen LogP) is 3.95. The molecule has 2 atom stereocenters. The first kappa shape index (κ1) is 32.3. The number of fused-ring (bicyclic) bond motifs is 1. The molecule has 0 saturated carbocycles. The lowest BCUT2D eigenvalue weighted by atomic mass is 10.0. The number of carbonyl (C=O) groups excluding carboxylic acids is 4. The summed E-state index contributed by atoms with van der Waals surface area (Å²) >= 11 is 0. The van der Waals surface area contributed by atoms with E-state index in [1.165, 1.54) is 0 Å². The Bertz CT molecular complexity index is 1360. The summed E-state index contributed by atoms with van der Waals surface area (Å²) < 4.78 is 0. The van der Waals surface area contributed by atoms with Gasteiger partial charge in [-0.1, -0.05) is 86.6 Å². The molecule has 0 heterocycles. The molecule has 3 aromatic rings. The minimum absolute atomic E-state index is 0.132. The number of hydrogen-bond acceptors (Lipinski definition) is 5. The van der Waals surface area contributed by atoms with Crippen molar-refractivity contribution in [1.29, 1.82) is 0 Å². The fourth-order valence-corrected chi connectivity index (χ4v) is 4.34. The van der Waals surface area contributed by atoms with Crippen LogP contribution in [-0.2, 0) is 37.0 Å². The molecule has 224 valence electrons. The maximum Gasteiger partial charge on any atom is 0.246 e. The molecule has 0 saturated heterocycles. The number of rotatable bonds is 13. The van der Waals surface area contributed by atoms with Crippen LogP contribution < -0.4 is 21.4 Å². The van der Waals surface area contributed by atoms with Crippen LogP contribution in [0.25, 0.3) is 10.8 Å². The van der Waals surface area contributed by atoms with Gasteiger partial charge in [-0.3, -0.25) is 24.0 Å². The van der Waals surface area contributed by atoms with E-state index in [-0.39, 0.29) is 37.1 Å². The van der Waals surface area contributed by atoms with Gasteiger partial charge in [-0.15, -0.1) is 0 Å². The molecule has 0 aliphatic carbocycles. The molecular weight excluding hydrogens is 532 g/mol. The fourth-order valence-electron chi connectivity index (χ4n) is 4.34. The summed E-state index contributed by atoms with van der Waals surface area (Å²) in [5.41, 5.74) is 3.63. The van der Waals surface area contributed by atoms with Gasteiger partial charge in [-0.05, 0) is 55.0 Å². The van der Waals surface area contributed by atoms with Gasteiger partial charge in [0.25, 0.3) is 0 Å². The molecule has 4 amide bonds. The van der Waals surface area contributed by atoms with E-state index < -0.39 is 29.5 Å². The SMILES string of the molecule is CC(C)C(NC(=O)[C@H](CC(=O)NOC(C)(C)C)NC(=O)CCc1ccccc1)C(=O)NCc1cccc2ccccc12. The first-order chi connectivity index (χ1) is 19.9. The van der Waals surface area contributed by atoms with Crippen LogP contribution in [0.3, 0.4) is 0 Å². The normalized spacial score (nSPS) is 12.8. The van der Waals surface area contributed by atoms with Gasteiger partial charge >= 0.3 is 0 Å². The zero-order valence-corrected chi connectivity index (χ0v) is 25.0. The van der Waals surface area contributed by atoms with Gasteiger partial charge in [-0.2, -0.15) is 0 Å². The highest BCUT2D eigenvalue weighted by Crippen LogP contribution is 2.18. The zero-order valence-electron chi connectivity index (χ0n) is 25.0. The summed E-state index contributed by atoms with van der Waals surface area (Å²) in [6.07, 6.45) is 0.250. The highest BCUT2D eigenvalue weighted by atomic mass is 16.7. The van der Waals surface area contributed by atoms with Crippen LogP contribution in [-0.4, -0.2) is 41.3 Å². The van der Waals surface area contributed by atoms with Gasteiger partial charge < -0.3 is 16.0 Å². The van der Waals surface area contributed by atoms with E-state index in [1.54, 1.807) is 20.8 Å². The Morgan fingerprint density at radius 3 is 2.14 bits per heavy atom. The molecule has 3 rings (SSSR count). The third-order valence-electron chi connectivity index (χ3n) is 6.58. The predicted molar refractivity (Wildman–Crippen MR) is 163 cm³/mol. The van der Waals surface area contributed by atoms with Crippen molar-refractivity contribution >= 4 is 34.4 Å². The van der Waals surface area contributed by atoms with Gasteiger partial charge in [0, 0.05) is 13.0 Å². The molecule has 1 unspecified atom stereocenters. The van der Waals surface area contributed by atoms with E-state index in [4.69, 9.17) is 4.84 Å². The summed E-state index contributed by atoms with van der Waals surface area (Å²) in [7, 11) is 0. The molecule has 0 bridgehead atoms. The van der Waals surface area contributed by atoms with Crippen molar-refractivity contribution < 1.29 is 24.0 Å². The van der Waals surface area contributed by atoms with E-state index in [2.05, 4.69) is 21.4 Å². The minimum Gasteiger partial charge on any atom is -0.350 e. The second-order valence-corrected chi connectivity index (χ2v) is 11.6. The van der Waals surface area contributed by atoms with Crippen molar-refractivity contribution in [2.75, 3.05) is 0 Å². The van der Waals surface area contributed by atoms with E-state index >= 15 is 0 Å². The minimum atomic E-state index is -1.20. The van der Waals surface area contributed by atoms with Crippen molar-refractivity contribution in [3.63, 3.8) is 0 Å². The average Bonchev–Trinajstić information content (AvgIpc) is 2.96. The topological polar surface area (TPSA) is 126 Å². The van der Waals surface area contributed by atoms with E-state index in [9.17, 15) is 19.2 Å². The average molecular weight is 575 g/mol. The van der Waals surface area contributed by atoms with Crippen molar-refractivity contribution in [3.05, 3.63) is 83.9 Å². The maximum atomic E-state index is 13.4. The van der Waals surface area contributed by atoms with Gasteiger partial charge in [0.05, 0.1) is 12.0 Å². The van der Waals surface area contributed by atoms with E-state index in [0.717, 1.165) is 21.9 Å². The Kier molecular flexibility index (Phi) is 11.6. The van der Waals surface area contributed by atoms with Gasteiger partial charge in [0.1, 0.15) is 12.1 Å². The smallest absolute Gasteiger partial charge is 0.246 e. The number of hydroxylamine groups is 1. The molecule has 0 aliphatic rings. The number of benzene rings is 3. The third-order valence-corrected chi connectivity index (χ3v) is 6.58. The van der Waals surface area contributed by atoms with Crippen molar-refractivity contribution in [2.24, 2.45) is 5.92 Å². The van der Waals surface area contributed by atoms with Crippen LogP contribution in [0.4, 0.5) is 0 Å². The molecule has 0 fully saturated rings. The van der Waals surface area contributed by atoms with Crippen LogP contribution in [0.1, 0.15) is 58.6 Å². The van der Waals surface area contributed by atoms with Crippen LogP contribution in [0.2, 0.25) is 0 Å². The van der Waals surface area contributed by atoms with Crippen LogP contribution >= 0.6 is 0 Å². The van der Waals surface area contributed by atoms with E-state index in [1.807, 2.05) is 86.6 Å². The Labute approximate surface area is 247 Å². The second-order valence-electron chi connectivity index (χ2n) is 11.6. The third kappa shape index (κ3) is 10.3. The first-order valence-electron chi connectivity index (χ1n) is 14.3. The van der Waals surface area contributed by atoms with E-state index in [0.29, 0.717) is 6.42 Å². The van der Waals surface area contributed by atoms with Gasteiger partial charge in [0.15, 0.2) is 0 Å². The number of carbonyl (C=O) groups is 4. The maximum absolute atomic E-state index is 13.4. The summed E-state index contributed by atoms with van der Waals surface area (Å²) in [5, 5.41) is 10.5. The number of amides is 4. The standard InChI is InChI=1S/C33H42N4O5/c1-22(2)30(32(41)34-21-25-16-11-15-24-14-9-10-17-26(24)25)36-31(40)27(20-29(39)37-42-33(3,4)5)35-28(38)19-18-23-12-7-6-8-13-23/h6-17,22,27,30H,18-21H2,1-5H3,(H,34,41)(H,35,38)(H,36,40)(H,37,39)/t27-,30?/m0/s1. The summed E-state index contributed by atoms with van der Waals surface area (Å²) in [4.78, 5) is 57.5. The highest BCUT2D eigenvalue weighted by Gasteiger charge is 2.30. The summed E-state index contributed by atoms with van der Waals surface area (Å²) in [6, 6.07) is 21.2. The number of hydrogen-bond donors (Lipinski definition) is 4. The molecular formula is C33H42N4O5. The number of nitrogens with one attached hydrogen (secondary N) is 4. The fraction of sp³-hybridized carbons (Fsp3) is 0.394. The van der Waals surface area contributed by atoms with Gasteiger partial charge in [-0.25, -0.2) is 5.48 Å². The monoisotopic (exact) mass is 574 g/mol. The summed E-state index contributed by atoms with van der Waals surface area (Å²) in [5.74, 6) is -2.21. The van der Waals surface area contributed by atoms with Crippen LogP contribution in [0.5, 0.6) is 0 Å². The molecule has 0 aliphatic heterocycles. The molecule has 9 nitrogen and oxygen atoms in total. The second kappa shape index (κ2) is 15.1. The Morgan fingerprint density at radius 1 is 0.786 bits per heavy atom. The summed E-state index contributed by atoms with van der Waals surface area (Å²) in [6.45, 7) is 9.23. The van der Waals surface area contributed by atoms with Gasteiger partial charge in [0.2, 0.25) is 23.6 Å². The molecule has 9 heteroatoms. The number of aryl methyl sites for hydroxylation is 1. The lowest BCUT2D eigenvalue weighted by molar-refractivity contribution is -0.147. The Balaban J connectivity index is 1.68. The zero-order chi connectivity index (χ0) is 30.7. The quantitative estimate of drug-likeness (QED) is 0.230. The lowest BCUT2D eigenvalue weighted by Crippen LogP contribution is -2.56. The van der Waals surface area contributed by atoms with Crippen LogP contribution in [0.15, 0.2) is 72.8 Å². The lowest BCUT2D eigenvalue weighted by Gasteiger charge is -2.26. The van der Waals surface area contributed by atoms with Crippen molar-refractivity contribution in [1.82, 2.24) is 21.4 Å². The Hall–Kier alpha value is -4.24. The molecule has 0 spiro atoms. The van der Waals surface area contributed by atoms with Crippen molar-refractivity contribution in [3.8, 4) is 0 Å². The van der Waals surface area contributed by atoms with Crippen LogP contribution in [0, 0.1) is 5.92 Å². The van der Waals surface area contributed by atoms with Crippen molar-refractivity contribution in [2.45, 2.75) is 78.1 Å². The molecule has 4 N–H and O–H groups in total. The molecule has 0 radical (unpaired) electrons. The Morgan fingerprint density at radius 2 is 1.45 bits per heavy atom. The highest BCUT2D eigenvalue weighted by molar-refractivity contribution is 5.95. The molecule has 0 aromatic heterocycles.